The maximum atomic E-state index is 15.5. The molecule has 1 amide bonds. The lowest BCUT2D eigenvalue weighted by Gasteiger charge is -2.40. The van der Waals surface area contributed by atoms with Gasteiger partial charge >= 0.3 is 6.01 Å². The summed E-state index contributed by atoms with van der Waals surface area (Å²) in [6.07, 6.45) is 4.76. The van der Waals surface area contributed by atoms with Crippen LogP contribution in [0, 0.1) is 12.7 Å². The topological polar surface area (TPSA) is 115 Å². The van der Waals surface area contributed by atoms with E-state index in [4.69, 9.17) is 21.1 Å². The number of pyridine rings is 1. The summed E-state index contributed by atoms with van der Waals surface area (Å²) in [6.45, 7) is 4.45. The van der Waals surface area contributed by atoms with Gasteiger partial charge in [0.25, 0.3) is 0 Å². The Balaban J connectivity index is 1.38. The number of aliphatic hydroxyl groups excluding tert-OH is 1. The van der Waals surface area contributed by atoms with Gasteiger partial charge in [0.05, 0.1) is 35.7 Å². The third-order valence-corrected chi connectivity index (χ3v) is 8.14. The molecule has 3 aromatic heterocycles. The molecule has 0 bridgehead atoms. The minimum Gasteiger partial charge on any atom is -0.481 e. The van der Waals surface area contributed by atoms with Crippen LogP contribution in [-0.4, -0.2) is 67.2 Å². The van der Waals surface area contributed by atoms with Crippen LogP contribution in [0.3, 0.4) is 0 Å². The Labute approximate surface area is 245 Å². The van der Waals surface area contributed by atoms with Gasteiger partial charge in [-0.2, -0.15) is 9.97 Å². The lowest BCUT2D eigenvalue weighted by molar-refractivity contribution is -0.136. The maximum absolute atomic E-state index is 15.5. The van der Waals surface area contributed by atoms with E-state index < -0.39 is 12.4 Å². The number of aryl methyl sites for hydroxylation is 1. The van der Waals surface area contributed by atoms with Gasteiger partial charge in [-0.05, 0) is 44.9 Å². The standard InChI is InChI=1S/C30H28ClFN6O4/c1-17-10-26(41-3)36-29(35-17)42-18-4-5-19(22(31)11-18)20-12-21-24(13-23(20)32)33-14-25-28(21)38(16-34-25)30(2)6-8-37(9-7-30)27(40)15-39/h4-5,10-14,16,39H,6-9,15H2,1-3H3. The second kappa shape index (κ2) is 10.8. The molecule has 10 nitrogen and oxygen atoms in total. The highest BCUT2D eigenvalue weighted by Gasteiger charge is 2.34. The van der Waals surface area contributed by atoms with Crippen LogP contribution in [0.4, 0.5) is 4.39 Å². The number of imidazole rings is 1. The minimum atomic E-state index is -0.501. The third-order valence-electron chi connectivity index (χ3n) is 7.83. The predicted octanol–water partition coefficient (Wildman–Crippen LogP) is 5.27. The summed E-state index contributed by atoms with van der Waals surface area (Å²) in [5.41, 5.74) is 3.12. The van der Waals surface area contributed by atoms with E-state index in [1.165, 1.54) is 13.2 Å². The van der Waals surface area contributed by atoms with Crippen LogP contribution < -0.4 is 9.47 Å². The quantitative estimate of drug-likeness (QED) is 0.284. The second-order valence-electron chi connectivity index (χ2n) is 10.6. The summed E-state index contributed by atoms with van der Waals surface area (Å²) in [6, 6.07) is 9.90. The highest BCUT2D eigenvalue weighted by Crippen LogP contribution is 2.39. The van der Waals surface area contributed by atoms with Crippen LogP contribution in [0.5, 0.6) is 17.6 Å². The smallest absolute Gasteiger partial charge is 0.325 e. The van der Waals surface area contributed by atoms with Gasteiger partial charge in [-0.15, -0.1) is 0 Å². The Morgan fingerprint density at radius 1 is 1.10 bits per heavy atom. The summed E-state index contributed by atoms with van der Waals surface area (Å²) in [4.78, 5) is 31.2. The average Bonchev–Trinajstić information content (AvgIpc) is 3.42. The number of amides is 1. The number of rotatable bonds is 6. The molecule has 1 saturated heterocycles. The van der Waals surface area contributed by atoms with Crippen LogP contribution in [0.15, 0.2) is 48.9 Å². The number of piperidine rings is 1. The fourth-order valence-electron chi connectivity index (χ4n) is 5.46. The molecule has 2 aromatic carbocycles. The van der Waals surface area contributed by atoms with Crippen LogP contribution in [0.2, 0.25) is 5.02 Å². The van der Waals surface area contributed by atoms with Crippen molar-refractivity contribution in [1.82, 2.24) is 29.4 Å². The van der Waals surface area contributed by atoms with Crippen molar-refractivity contribution >= 4 is 39.4 Å². The van der Waals surface area contributed by atoms with Crippen molar-refractivity contribution < 1.29 is 23.8 Å². The second-order valence-corrected chi connectivity index (χ2v) is 11.0. The Hall–Kier alpha value is -4.35. The number of carbonyl (C=O) groups is 1. The lowest BCUT2D eigenvalue weighted by atomic mass is 9.88. The molecular formula is C30H28ClFN6O4. The number of nitrogens with zero attached hydrogens (tertiary/aromatic N) is 6. The van der Waals surface area contributed by atoms with E-state index in [-0.39, 0.29) is 22.5 Å². The molecule has 42 heavy (non-hydrogen) atoms. The SMILES string of the molecule is COc1cc(C)nc(Oc2ccc(-c3cc4c(cc3F)ncc3ncn(C5(C)CCN(C(=O)CO)CC5)c34)c(Cl)c2)n1. The number of aromatic nitrogens is 5. The van der Waals surface area contributed by atoms with Gasteiger partial charge in [0.15, 0.2) is 0 Å². The number of halogens is 2. The predicted molar refractivity (Wildman–Crippen MR) is 155 cm³/mol. The third kappa shape index (κ3) is 4.99. The molecule has 0 spiro atoms. The van der Waals surface area contributed by atoms with Crippen molar-refractivity contribution in [3.8, 4) is 28.8 Å². The van der Waals surface area contributed by atoms with Crippen molar-refractivity contribution in [1.29, 1.82) is 0 Å². The van der Waals surface area contributed by atoms with Crippen molar-refractivity contribution in [3.05, 3.63) is 65.5 Å². The van der Waals surface area contributed by atoms with Crippen LogP contribution in [-0.2, 0) is 10.3 Å². The normalized spacial score (nSPS) is 14.9. The van der Waals surface area contributed by atoms with Gasteiger partial charge in [-0.1, -0.05) is 11.6 Å². The van der Waals surface area contributed by atoms with Crippen molar-refractivity contribution in [2.24, 2.45) is 0 Å². The minimum absolute atomic E-state index is 0.106. The molecule has 6 rings (SSSR count). The molecule has 0 unspecified atom stereocenters. The van der Waals surface area contributed by atoms with E-state index in [2.05, 4.69) is 31.4 Å². The van der Waals surface area contributed by atoms with Crippen molar-refractivity contribution in [2.75, 3.05) is 26.8 Å². The first-order chi connectivity index (χ1) is 20.2. The number of fused-ring (bicyclic) bond motifs is 3. The monoisotopic (exact) mass is 590 g/mol. The maximum Gasteiger partial charge on any atom is 0.325 e. The van der Waals surface area contributed by atoms with Gasteiger partial charge in [0, 0.05) is 59.0 Å². The first-order valence-corrected chi connectivity index (χ1v) is 13.8. The molecule has 216 valence electrons. The molecule has 1 aliphatic heterocycles. The number of hydrogen-bond donors (Lipinski definition) is 1. The summed E-state index contributed by atoms with van der Waals surface area (Å²) < 4.78 is 28.6. The first kappa shape index (κ1) is 27.8. The van der Waals surface area contributed by atoms with Crippen LogP contribution in [0.25, 0.3) is 33.1 Å². The van der Waals surface area contributed by atoms with Gasteiger partial charge < -0.3 is 24.0 Å². The van der Waals surface area contributed by atoms with Crippen molar-refractivity contribution in [2.45, 2.75) is 32.2 Å². The number of methoxy groups -OCH3 is 1. The fraction of sp³-hybridized carbons (Fsp3) is 0.300. The number of hydrogen-bond acceptors (Lipinski definition) is 8. The van der Waals surface area contributed by atoms with Crippen LogP contribution in [0.1, 0.15) is 25.5 Å². The van der Waals surface area contributed by atoms with E-state index >= 15 is 4.39 Å². The summed E-state index contributed by atoms with van der Waals surface area (Å²) in [5.74, 6) is 0.0147. The van der Waals surface area contributed by atoms with Gasteiger partial charge in [0.1, 0.15) is 23.7 Å². The number of ether oxygens (including phenoxy) is 2. The number of likely N-dealkylation sites (tertiary alicyclic amines) is 1. The summed E-state index contributed by atoms with van der Waals surface area (Å²) >= 11 is 6.67. The molecule has 0 radical (unpaired) electrons. The van der Waals surface area contributed by atoms with Gasteiger partial charge in [-0.3, -0.25) is 9.78 Å². The highest BCUT2D eigenvalue weighted by atomic mass is 35.5. The molecule has 5 aromatic rings. The molecule has 0 saturated carbocycles. The van der Waals surface area contributed by atoms with Gasteiger partial charge in [0.2, 0.25) is 11.8 Å². The Kier molecular flexibility index (Phi) is 7.15. The van der Waals surface area contributed by atoms with E-state index in [1.54, 1.807) is 54.7 Å². The van der Waals surface area contributed by atoms with Crippen molar-refractivity contribution in [3.63, 3.8) is 0 Å². The molecule has 1 aliphatic rings. The Bertz CT molecular complexity index is 1840. The zero-order chi connectivity index (χ0) is 29.6. The summed E-state index contributed by atoms with van der Waals surface area (Å²) in [7, 11) is 1.51. The molecule has 0 atom stereocenters. The Morgan fingerprint density at radius 2 is 1.88 bits per heavy atom. The molecule has 0 aliphatic carbocycles. The number of carbonyl (C=O) groups excluding carboxylic acids is 1. The van der Waals surface area contributed by atoms with Crippen LogP contribution >= 0.6 is 11.6 Å². The first-order valence-electron chi connectivity index (χ1n) is 13.4. The van der Waals surface area contributed by atoms with E-state index in [1.807, 2.05) is 0 Å². The molecule has 1 N–H and O–H groups in total. The molecule has 12 heteroatoms. The highest BCUT2D eigenvalue weighted by molar-refractivity contribution is 6.33. The van der Waals surface area contributed by atoms with E-state index in [9.17, 15) is 9.90 Å². The molecular weight excluding hydrogens is 563 g/mol. The largest absolute Gasteiger partial charge is 0.481 e. The van der Waals surface area contributed by atoms with E-state index in [0.717, 1.165) is 10.9 Å². The van der Waals surface area contributed by atoms with Gasteiger partial charge in [-0.25, -0.2) is 9.37 Å². The number of benzene rings is 2. The zero-order valence-electron chi connectivity index (χ0n) is 23.3. The summed E-state index contributed by atoms with van der Waals surface area (Å²) in [5, 5.41) is 10.3. The zero-order valence-corrected chi connectivity index (χ0v) is 24.0. The van der Waals surface area contributed by atoms with E-state index in [0.29, 0.717) is 65.4 Å². The molecule has 1 fully saturated rings. The fourth-order valence-corrected chi connectivity index (χ4v) is 5.73. The lowest BCUT2D eigenvalue weighted by Crippen LogP contribution is -2.47. The number of aliphatic hydroxyl groups is 1. The molecule has 4 heterocycles. The average molecular weight is 591 g/mol. The Morgan fingerprint density at radius 3 is 2.60 bits per heavy atom.